The highest BCUT2D eigenvalue weighted by molar-refractivity contribution is 6.62. The number of benzene rings is 1. The summed E-state index contributed by atoms with van der Waals surface area (Å²) in [6, 6.07) is 9.04. The van der Waals surface area contributed by atoms with Crippen LogP contribution in [-0.4, -0.2) is 31.4 Å². The first kappa shape index (κ1) is 21.5. The Bertz CT molecular complexity index is 847. The molecule has 168 valence electrons. The Morgan fingerprint density at radius 2 is 1.68 bits per heavy atom. The van der Waals surface area contributed by atoms with E-state index in [1.54, 1.807) is 0 Å². The lowest BCUT2D eigenvalue weighted by molar-refractivity contribution is -0.144. The van der Waals surface area contributed by atoms with Crippen LogP contribution in [0.3, 0.4) is 0 Å². The van der Waals surface area contributed by atoms with E-state index in [0.717, 1.165) is 23.7 Å². The number of fused-ring (bicyclic) bond motifs is 2. The highest BCUT2D eigenvalue weighted by atomic mass is 16.7. The molecule has 1 aliphatic heterocycles. The number of hydrogen-bond donors (Lipinski definition) is 0. The molecule has 4 aliphatic rings. The number of esters is 1. The molecule has 4 atom stereocenters. The van der Waals surface area contributed by atoms with Crippen LogP contribution in [0.5, 0.6) is 0 Å². The van der Waals surface area contributed by atoms with E-state index in [0.29, 0.717) is 6.42 Å². The first-order valence-electron chi connectivity index (χ1n) is 12.1. The summed E-state index contributed by atoms with van der Waals surface area (Å²) in [5.74, 6) is 1.53. The average Bonchev–Trinajstić information content (AvgIpc) is 3.05. The van der Waals surface area contributed by atoms with Gasteiger partial charge in [0.05, 0.1) is 24.7 Å². The molecule has 1 heterocycles. The van der Waals surface area contributed by atoms with Crippen molar-refractivity contribution in [1.29, 1.82) is 0 Å². The number of rotatable bonds is 4. The van der Waals surface area contributed by atoms with Crippen molar-refractivity contribution in [2.45, 2.75) is 95.7 Å². The number of carbonyl (C=O) groups is 1. The van der Waals surface area contributed by atoms with Gasteiger partial charge < -0.3 is 14.0 Å². The van der Waals surface area contributed by atoms with Crippen LogP contribution in [0.1, 0.15) is 84.6 Å². The summed E-state index contributed by atoms with van der Waals surface area (Å²) in [5, 5.41) is 0. The Morgan fingerprint density at radius 3 is 2.32 bits per heavy atom. The van der Waals surface area contributed by atoms with E-state index in [1.807, 2.05) is 0 Å². The molecule has 0 amide bonds. The standard InChI is InChI=1S/C26H37BO4/c1-23(2)24(3,4)31-27(30-23)21-10-8-20(9-11-21)26-14-18-7-6-12-25(17-26,13-19(18)15-26)16-22(28)29-5/h8-11,18-19H,6-7,12-17H2,1-5H3. The van der Waals surface area contributed by atoms with Gasteiger partial charge in [-0.2, -0.15) is 0 Å². The Balaban J connectivity index is 1.42. The van der Waals surface area contributed by atoms with Crippen molar-refractivity contribution in [3.8, 4) is 0 Å². The maximum absolute atomic E-state index is 12.3. The Kier molecular flexibility index (Phi) is 4.92. The minimum absolute atomic E-state index is 0.0361. The summed E-state index contributed by atoms with van der Waals surface area (Å²) < 4.78 is 17.6. The highest BCUT2D eigenvalue weighted by Gasteiger charge is 2.58. The number of carbonyl (C=O) groups excluding carboxylic acids is 1. The molecule has 0 aromatic heterocycles. The van der Waals surface area contributed by atoms with Gasteiger partial charge in [0.25, 0.3) is 0 Å². The smallest absolute Gasteiger partial charge is 0.469 e. The monoisotopic (exact) mass is 424 g/mol. The van der Waals surface area contributed by atoms with Crippen molar-refractivity contribution in [1.82, 2.24) is 0 Å². The fourth-order valence-corrected chi connectivity index (χ4v) is 7.33. The predicted molar refractivity (Wildman–Crippen MR) is 122 cm³/mol. The third-order valence-electron chi connectivity index (χ3n) is 9.46. The van der Waals surface area contributed by atoms with E-state index in [4.69, 9.17) is 14.0 Å². The molecule has 5 rings (SSSR count). The molecule has 3 bridgehead atoms. The number of ether oxygens (including phenoxy) is 1. The quantitative estimate of drug-likeness (QED) is 0.516. The summed E-state index contributed by atoms with van der Waals surface area (Å²) in [6.07, 6.45) is 9.21. The molecule has 0 radical (unpaired) electrons. The van der Waals surface area contributed by atoms with Crippen LogP contribution >= 0.6 is 0 Å². The Morgan fingerprint density at radius 1 is 1.03 bits per heavy atom. The summed E-state index contributed by atoms with van der Waals surface area (Å²) in [4.78, 5) is 12.3. The second-order valence-corrected chi connectivity index (χ2v) is 11.9. The van der Waals surface area contributed by atoms with Gasteiger partial charge in [0.1, 0.15) is 0 Å². The van der Waals surface area contributed by atoms with E-state index in [2.05, 4.69) is 52.0 Å². The highest BCUT2D eigenvalue weighted by Crippen LogP contribution is 2.65. The minimum atomic E-state index is -0.325. The first-order valence-corrected chi connectivity index (χ1v) is 12.1. The molecule has 4 unspecified atom stereocenters. The molecular formula is C26H37BO4. The van der Waals surface area contributed by atoms with E-state index in [-0.39, 0.29) is 35.1 Å². The Labute approximate surface area is 187 Å². The normalized spacial score (nSPS) is 37.6. The van der Waals surface area contributed by atoms with Gasteiger partial charge in [0, 0.05) is 0 Å². The van der Waals surface area contributed by atoms with Gasteiger partial charge in [0.15, 0.2) is 0 Å². The third kappa shape index (κ3) is 3.47. The lowest BCUT2D eigenvalue weighted by Gasteiger charge is -2.46. The predicted octanol–water partition coefficient (Wildman–Crippen LogP) is 4.78. The van der Waals surface area contributed by atoms with Crippen molar-refractivity contribution in [3.63, 3.8) is 0 Å². The molecule has 3 saturated carbocycles. The fraction of sp³-hybridized carbons (Fsp3) is 0.731. The van der Waals surface area contributed by atoms with Crippen LogP contribution in [-0.2, 0) is 24.3 Å². The molecule has 1 aromatic rings. The molecule has 0 N–H and O–H groups in total. The van der Waals surface area contributed by atoms with Crippen molar-refractivity contribution < 1.29 is 18.8 Å². The number of methoxy groups -OCH3 is 1. The van der Waals surface area contributed by atoms with E-state index in [1.165, 1.54) is 51.2 Å². The van der Waals surface area contributed by atoms with Crippen molar-refractivity contribution in [2.75, 3.05) is 7.11 Å². The van der Waals surface area contributed by atoms with Crippen LogP contribution in [0.15, 0.2) is 24.3 Å². The van der Waals surface area contributed by atoms with Crippen LogP contribution in [0.2, 0.25) is 0 Å². The summed E-state index contributed by atoms with van der Waals surface area (Å²) in [5.41, 5.74) is 2.20. The zero-order valence-corrected chi connectivity index (χ0v) is 19.8. The number of hydrogen-bond acceptors (Lipinski definition) is 4. The minimum Gasteiger partial charge on any atom is -0.469 e. The maximum atomic E-state index is 12.3. The molecular weight excluding hydrogens is 387 g/mol. The molecule has 1 saturated heterocycles. The SMILES string of the molecule is COC(=O)CC12CCCC3CC(c4ccc(B5OC(C)(C)C(C)(C)O5)cc4)(CC3C1)C2. The van der Waals surface area contributed by atoms with Crippen LogP contribution in [0, 0.1) is 17.3 Å². The molecule has 0 spiro atoms. The van der Waals surface area contributed by atoms with E-state index < -0.39 is 0 Å². The van der Waals surface area contributed by atoms with E-state index in [9.17, 15) is 4.79 Å². The van der Waals surface area contributed by atoms with Gasteiger partial charge in [-0.1, -0.05) is 37.1 Å². The zero-order valence-electron chi connectivity index (χ0n) is 19.8. The summed E-state index contributed by atoms with van der Waals surface area (Å²) in [7, 11) is 1.21. The Hall–Kier alpha value is -1.33. The second-order valence-electron chi connectivity index (χ2n) is 11.9. The zero-order chi connectivity index (χ0) is 22.1. The molecule has 4 nitrogen and oxygen atoms in total. The van der Waals surface area contributed by atoms with Crippen LogP contribution < -0.4 is 5.46 Å². The fourth-order valence-electron chi connectivity index (χ4n) is 7.33. The molecule has 5 heteroatoms. The molecule has 4 fully saturated rings. The molecule has 3 aliphatic carbocycles. The second kappa shape index (κ2) is 7.09. The van der Waals surface area contributed by atoms with Crippen molar-refractivity contribution >= 4 is 18.6 Å². The van der Waals surface area contributed by atoms with Crippen molar-refractivity contribution in [3.05, 3.63) is 29.8 Å². The molecule has 1 aromatic carbocycles. The summed E-state index contributed by atoms with van der Waals surface area (Å²) in [6.45, 7) is 8.39. The first-order chi connectivity index (χ1) is 14.6. The largest absolute Gasteiger partial charge is 0.494 e. The average molecular weight is 424 g/mol. The van der Waals surface area contributed by atoms with Gasteiger partial charge in [-0.25, -0.2) is 0 Å². The van der Waals surface area contributed by atoms with E-state index >= 15 is 0 Å². The molecule has 31 heavy (non-hydrogen) atoms. The maximum Gasteiger partial charge on any atom is 0.494 e. The van der Waals surface area contributed by atoms with Gasteiger partial charge in [0.2, 0.25) is 0 Å². The van der Waals surface area contributed by atoms with Crippen LogP contribution in [0.25, 0.3) is 0 Å². The third-order valence-corrected chi connectivity index (χ3v) is 9.46. The van der Waals surface area contributed by atoms with Gasteiger partial charge in [-0.15, -0.1) is 0 Å². The lowest BCUT2D eigenvalue weighted by Crippen LogP contribution is -2.41. The van der Waals surface area contributed by atoms with Crippen molar-refractivity contribution in [2.24, 2.45) is 17.3 Å². The summed E-state index contributed by atoms with van der Waals surface area (Å²) >= 11 is 0. The van der Waals surface area contributed by atoms with Crippen LogP contribution in [0.4, 0.5) is 0 Å². The van der Waals surface area contributed by atoms with Gasteiger partial charge in [-0.3, -0.25) is 4.79 Å². The van der Waals surface area contributed by atoms with Gasteiger partial charge in [-0.05, 0) is 93.5 Å². The lowest BCUT2D eigenvalue weighted by atomic mass is 9.58. The topological polar surface area (TPSA) is 44.8 Å². The van der Waals surface area contributed by atoms with Gasteiger partial charge >= 0.3 is 13.1 Å².